The van der Waals surface area contributed by atoms with E-state index in [0.29, 0.717) is 11.4 Å². The highest BCUT2D eigenvalue weighted by Gasteiger charge is 2.29. The zero-order valence-electron chi connectivity index (χ0n) is 12.9. The molecule has 1 aliphatic rings. The Morgan fingerprint density at radius 2 is 2.04 bits per heavy atom. The van der Waals surface area contributed by atoms with Gasteiger partial charge in [0.15, 0.2) is 5.69 Å². The molecule has 3 N–H and O–H groups in total. The van der Waals surface area contributed by atoms with Gasteiger partial charge in [0.25, 0.3) is 12.3 Å². The molecule has 2 amide bonds. The Hall–Kier alpha value is -2.77. The summed E-state index contributed by atoms with van der Waals surface area (Å²) >= 11 is 0. The summed E-state index contributed by atoms with van der Waals surface area (Å²) in [5.41, 5.74) is 0.570. The van der Waals surface area contributed by atoms with Crippen LogP contribution in [0.2, 0.25) is 0 Å². The van der Waals surface area contributed by atoms with E-state index in [1.54, 1.807) is 25.1 Å². The minimum atomic E-state index is -2.80. The highest BCUT2D eigenvalue weighted by molar-refractivity contribution is 6.06. The lowest BCUT2D eigenvalue weighted by Gasteiger charge is -2.09. The number of carbonyl (C=O) groups is 2. The summed E-state index contributed by atoms with van der Waals surface area (Å²) < 4.78 is 25.8. The molecule has 1 aromatic carbocycles. The second-order valence-electron chi connectivity index (χ2n) is 5.71. The van der Waals surface area contributed by atoms with Crippen molar-refractivity contribution in [1.29, 1.82) is 0 Å². The smallest absolute Gasteiger partial charge is 0.284 e. The number of alkyl halides is 2. The summed E-state index contributed by atoms with van der Waals surface area (Å²) in [5.74, 6) is -0.577. The van der Waals surface area contributed by atoms with E-state index in [4.69, 9.17) is 0 Å². The number of anilines is 2. The summed E-state index contributed by atoms with van der Waals surface area (Å²) in [6, 6.07) is 6.34. The van der Waals surface area contributed by atoms with Crippen molar-refractivity contribution in [2.75, 3.05) is 10.6 Å². The Balaban J connectivity index is 1.75. The van der Waals surface area contributed by atoms with Crippen molar-refractivity contribution in [3.63, 3.8) is 0 Å². The summed E-state index contributed by atoms with van der Waals surface area (Å²) in [4.78, 5) is 24.1. The van der Waals surface area contributed by atoms with Gasteiger partial charge in [-0.15, -0.1) is 0 Å². The van der Waals surface area contributed by atoms with Crippen LogP contribution in [0.4, 0.5) is 20.2 Å². The third kappa shape index (κ3) is 3.42. The maximum atomic E-state index is 12.9. The van der Waals surface area contributed by atoms with Crippen LogP contribution in [-0.4, -0.2) is 22.0 Å². The van der Waals surface area contributed by atoms with Gasteiger partial charge in [-0.1, -0.05) is 6.07 Å². The van der Waals surface area contributed by atoms with Crippen LogP contribution in [0, 0.1) is 12.8 Å². The number of carbonyl (C=O) groups excluding carboxylic acids is 2. The van der Waals surface area contributed by atoms with Crippen molar-refractivity contribution in [3.8, 4) is 0 Å². The number of aryl methyl sites for hydroxylation is 1. The predicted molar refractivity (Wildman–Crippen MR) is 84.0 cm³/mol. The topological polar surface area (TPSA) is 86.9 Å². The van der Waals surface area contributed by atoms with E-state index in [9.17, 15) is 18.4 Å². The number of halogens is 2. The number of benzene rings is 1. The van der Waals surface area contributed by atoms with Gasteiger partial charge in [0.1, 0.15) is 0 Å². The summed E-state index contributed by atoms with van der Waals surface area (Å²) in [6.45, 7) is 1.54. The molecule has 6 nitrogen and oxygen atoms in total. The van der Waals surface area contributed by atoms with Gasteiger partial charge < -0.3 is 10.6 Å². The third-order valence-electron chi connectivity index (χ3n) is 3.76. The van der Waals surface area contributed by atoms with Crippen LogP contribution in [0.5, 0.6) is 0 Å². The standard InChI is InChI=1S/C16H16F2N4O2/c1-8-12(13(14(17)18)22-21-8)20-16(24)10-3-2-4-11(7-10)19-15(23)9-5-6-9/h2-4,7,9,14H,5-6H2,1H3,(H,19,23)(H,20,24)(H,21,22). The van der Waals surface area contributed by atoms with Crippen LogP contribution in [0.3, 0.4) is 0 Å². The number of rotatable bonds is 5. The first-order valence-electron chi connectivity index (χ1n) is 7.51. The molecule has 126 valence electrons. The van der Waals surface area contributed by atoms with Gasteiger partial charge in [0.05, 0.1) is 11.4 Å². The van der Waals surface area contributed by atoms with E-state index in [-0.39, 0.29) is 23.1 Å². The molecule has 1 aromatic heterocycles. The van der Waals surface area contributed by atoms with Gasteiger partial charge in [0, 0.05) is 17.2 Å². The van der Waals surface area contributed by atoms with Crippen LogP contribution >= 0.6 is 0 Å². The first-order valence-corrected chi connectivity index (χ1v) is 7.51. The van der Waals surface area contributed by atoms with E-state index in [2.05, 4.69) is 20.8 Å². The van der Waals surface area contributed by atoms with E-state index in [0.717, 1.165) is 12.8 Å². The average molecular weight is 334 g/mol. The maximum Gasteiger partial charge on any atom is 0.284 e. The normalized spacial score (nSPS) is 13.8. The summed E-state index contributed by atoms with van der Waals surface area (Å²) in [5, 5.41) is 11.1. The lowest BCUT2D eigenvalue weighted by Crippen LogP contribution is -2.16. The van der Waals surface area contributed by atoms with Crippen LogP contribution in [0.25, 0.3) is 0 Å². The Kier molecular flexibility index (Phi) is 4.28. The summed E-state index contributed by atoms with van der Waals surface area (Å²) in [7, 11) is 0. The molecule has 0 radical (unpaired) electrons. The van der Waals surface area contributed by atoms with Crippen molar-refractivity contribution in [3.05, 3.63) is 41.2 Å². The fraction of sp³-hybridized carbons (Fsp3) is 0.312. The number of nitrogens with zero attached hydrogens (tertiary/aromatic N) is 1. The third-order valence-corrected chi connectivity index (χ3v) is 3.76. The molecular weight excluding hydrogens is 318 g/mol. The molecule has 3 rings (SSSR count). The molecule has 8 heteroatoms. The zero-order chi connectivity index (χ0) is 17.3. The molecule has 0 aliphatic heterocycles. The van der Waals surface area contributed by atoms with Gasteiger partial charge in [0.2, 0.25) is 5.91 Å². The number of H-pyrrole nitrogens is 1. The van der Waals surface area contributed by atoms with Gasteiger partial charge in [-0.25, -0.2) is 8.78 Å². The maximum absolute atomic E-state index is 12.9. The van der Waals surface area contributed by atoms with E-state index < -0.39 is 18.0 Å². The first-order chi connectivity index (χ1) is 11.5. The number of aromatic amines is 1. The molecule has 0 bridgehead atoms. The molecule has 1 heterocycles. The number of nitrogens with one attached hydrogen (secondary N) is 3. The van der Waals surface area contributed by atoms with Gasteiger partial charge >= 0.3 is 0 Å². The van der Waals surface area contributed by atoms with Crippen LogP contribution < -0.4 is 10.6 Å². The van der Waals surface area contributed by atoms with E-state index in [1.165, 1.54) is 6.07 Å². The van der Waals surface area contributed by atoms with Crippen LogP contribution in [0.15, 0.2) is 24.3 Å². The fourth-order valence-electron chi connectivity index (χ4n) is 2.28. The number of hydrogen-bond acceptors (Lipinski definition) is 3. The lowest BCUT2D eigenvalue weighted by molar-refractivity contribution is -0.117. The number of amides is 2. The second kappa shape index (κ2) is 6.38. The molecule has 0 atom stereocenters. The molecule has 0 saturated heterocycles. The number of aromatic nitrogens is 2. The monoisotopic (exact) mass is 334 g/mol. The Morgan fingerprint density at radius 1 is 1.29 bits per heavy atom. The predicted octanol–water partition coefficient (Wildman–Crippen LogP) is 3.26. The van der Waals surface area contributed by atoms with Crippen molar-refractivity contribution in [2.45, 2.75) is 26.2 Å². The molecule has 1 aliphatic carbocycles. The fourth-order valence-corrected chi connectivity index (χ4v) is 2.28. The van der Waals surface area contributed by atoms with Crippen molar-refractivity contribution in [1.82, 2.24) is 10.2 Å². The minimum absolute atomic E-state index is 0.0255. The molecular formula is C16H16F2N4O2. The highest BCUT2D eigenvalue weighted by Crippen LogP contribution is 2.30. The molecule has 24 heavy (non-hydrogen) atoms. The Morgan fingerprint density at radius 3 is 2.71 bits per heavy atom. The SMILES string of the molecule is Cc1[nH]nc(C(F)F)c1NC(=O)c1cccc(NC(=O)C2CC2)c1. The van der Waals surface area contributed by atoms with Crippen molar-refractivity contribution >= 4 is 23.2 Å². The number of hydrogen-bond donors (Lipinski definition) is 3. The van der Waals surface area contributed by atoms with Crippen LogP contribution in [0.1, 0.15) is 41.0 Å². The molecule has 2 aromatic rings. The molecule has 1 fully saturated rings. The van der Waals surface area contributed by atoms with Crippen LogP contribution in [-0.2, 0) is 4.79 Å². The van der Waals surface area contributed by atoms with E-state index in [1.807, 2.05) is 0 Å². The average Bonchev–Trinajstić information content (AvgIpc) is 3.33. The minimum Gasteiger partial charge on any atom is -0.326 e. The van der Waals surface area contributed by atoms with Crippen molar-refractivity contribution in [2.24, 2.45) is 5.92 Å². The molecule has 0 unspecified atom stereocenters. The van der Waals surface area contributed by atoms with Gasteiger partial charge in [-0.2, -0.15) is 5.10 Å². The van der Waals surface area contributed by atoms with Gasteiger partial charge in [-0.3, -0.25) is 14.7 Å². The molecule has 1 saturated carbocycles. The first kappa shape index (κ1) is 16.1. The lowest BCUT2D eigenvalue weighted by atomic mass is 10.1. The largest absolute Gasteiger partial charge is 0.326 e. The highest BCUT2D eigenvalue weighted by atomic mass is 19.3. The molecule has 0 spiro atoms. The second-order valence-corrected chi connectivity index (χ2v) is 5.71. The van der Waals surface area contributed by atoms with Gasteiger partial charge in [-0.05, 0) is 38.0 Å². The summed E-state index contributed by atoms with van der Waals surface area (Å²) in [6.07, 6.45) is -1.04. The van der Waals surface area contributed by atoms with E-state index >= 15 is 0 Å². The Bertz CT molecular complexity index is 784. The zero-order valence-corrected chi connectivity index (χ0v) is 12.9. The quantitative estimate of drug-likeness (QED) is 0.784. The Labute approximate surface area is 136 Å². The van der Waals surface area contributed by atoms with Crippen molar-refractivity contribution < 1.29 is 18.4 Å².